The van der Waals surface area contributed by atoms with Crippen molar-refractivity contribution in [3.63, 3.8) is 0 Å². The first kappa shape index (κ1) is 18.4. The highest BCUT2D eigenvalue weighted by Gasteiger charge is 2.32. The van der Waals surface area contributed by atoms with Gasteiger partial charge in [-0.3, -0.25) is 20.2 Å². The molecular weight excluding hydrogens is 374 g/mol. The fraction of sp³-hybridized carbons (Fsp3) is 0. The van der Waals surface area contributed by atoms with E-state index in [4.69, 9.17) is 0 Å². The third-order valence-electron chi connectivity index (χ3n) is 4.00. The molecule has 9 heteroatoms. The van der Waals surface area contributed by atoms with Crippen LogP contribution >= 0.6 is 7.14 Å². The fourth-order valence-electron chi connectivity index (χ4n) is 2.70. The molecule has 0 heterocycles. The second-order valence-electron chi connectivity index (χ2n) is 5.64. The number of nitro groups is 2. The number of non-ortho nitro benzene ring substituents is 2. The molecule has 0 saturated carbocycles. The zero-order valence-corrected chi connectivity index (χ0v) is 14.6. The zero-order valence-electron chi connectivity index (χ0n) is 13.7. The van der Waals surface area contributed by atoms with Gasteiger partial charge in [-0.2, -0.15) is 0 Å². The van der Waals surface area contributed by atoms with Crippen molar-refractivity contribution in [2.45, 2.75) is 0 Å². The van der Waals surface area contributed by atoms with Crippen molar-refractivity contribution < 1.29 is 18.8 Å². The topological polar surface area (TPSA) is 103 Å². The number of nitro benzene ring substituents is 2. The van der Waals surface area contributed by atoms with Crippen LogP contribution in [0.4, 0.5) is 15.8 Å². The number of rotatable bonds is 5. The van der Waals surface area contributed by atoms with Gasteiger partial charge in [-0.15, -0.1) is 0 Å². The van der Waals surface area contributed by atoms with Gasteiger partial charge in [-0.25, -0.2) is 4.39 Å². The Balaban J connectivity index is 2.30. The third-order valence-corrected chi connectivity index (χ3v) is 7.03. The van der Waals surface area contributed by atoms with E-state index in [1.807, 2.05) is 0 Å². The smallest absolute Gasteiger partial charge is 0.270 e. The Morgan fingerprint density at radius 3 is 1.56 bits per heavy atom. The summed E-state index contributed by atoms with van der Waals surface area (Å²) >= 11 is 0. The Kier molecular flexibility index (Phi) is 4.83. The summed E-state index contributed by atoms with van der Waals surface area (Å²) < 4.78 is 27.5. The maximum absolute atomic E-state index is 14.1. The van der Waals surface area contributed by atoms with Crippen LogP contribution in [-0.4, -0.2) is 9.85 Å². The Hall–Kier alpha value is -3.38. The molecule has 27 heavy (non-hydrogen) atoms. The summed E-state index contributed by atoms with van der Waals surface area (Å²) in [5, 5.41) is 22.7. The van der Waals surface area contributed by atoms with Crippen molar-refractivity contribution in [1.29, 1.82) is 0 Å². The molecule has 0 aliphatic heterocycles. The van der Waals surface area contributed by atoms with E-state index < -0.39 is 22.8 Å². The summed E-state index contributed by atoms with van der Waals surface area (Å²) in [4.78, 5) is 21.0. The quantitative estimate of drug-likeness (QED) is 0.380. The Morgan fingerprint density at radius 1 is 0.704 bits per heavy atom. The Labute approximate surface area is 152 Å². The lowest BCUT2D eigenvalue weighted by Gasteiger charge is -2.19. The van der Waals surface area contributed by atoms with Crippen LogP contribution in [0, 0.1) is 26.0 Å². The van der Waals surface area contributed by atoms with E-state index in [1.54, 1.807) is 0 Å². The van der Waals surface area contributed by atoms with E-state index in [-0.39, 0.29) is 27.3 Å². The maximum atomic E-state index is 14.1. The van der Waals surface area contributed by atoms with Gasteiger partial charge in [-0.1, -0.05) is 24.3 Å². The van der Waals surface area contributed by atoms with Gasteiger partial charge in [0.05, 0.1) is 9.85 Å². The van der Waals surface area contributed by atoms with Crippen molar-refractivity contribution >= 4 is 34.4 Å². The predicted molar refractivity (Wildman–Crippen MR) is 99.1 cm³/mol. The monoisotopic (exact) mass is 386 g/mol. The zero-order chi connectivity index (χ0) is 19.6. The van der Waals surface area contributed by atoms with Gasteiger partial charge >= 0.3 is 0 Å². The molecule has 0 aliphatic carbocycles. The molecule has 0 fully saturated rings. The Morgan fingerprint density at radius 2 is 1.15 bits per heavy atom. The number of benzene rings is 3. The molecule has 3 aromatic carbocycles. The van der Waals surface area contributed by atoms with Crippen LogP contribution in [0.25, 0.3) is 0 Å². The van der Waals surface area contributed by atoms with E-state index in [0.717, 1.165) is 12.1 Å². The summed E-state index contributed by atoms with van der Waals surface area (Å²) in [6.07, 6.45) is 0. The van der Waals surface area contributed by atoms with Gasteiger partial charge in [-0.05, 0) is 24.3 Å². The largest absolute Gasteiger partial charge is 0.309 e. The van der Waals surface area contributed by atoms with Gasteiger partial charge in [0.1, 0.15) is 5.82 Å². The first-order valence-electron chi connectivity index (χ1n) is 7.68. The SMILES string of the molecule is O=[N+]([O-])c1cccc(P(=O)(c2ccc(F)cc2)c2cccc([N+](=O)[O-])c2)c1. The highest BCUT2D eigenvalue weighted by molar-refractivity contribution is 7.85. The second kappa shape index (κ2) is 7.09. The number of nitrogens with zero attached hydrogens (tertiary/aromatic N) is 2. The summed E-state index contributed by atoms with van der Waals surface area (Å²) in [5.41, 5.74) is -0.527. The Bertz CT molecular complexity index is 1020. The number of hydrogen-bond acceptors (Lipinski definition) is 5. The van der Waals surface area contributed by atoms with Crippen LogP contribution < -0.4 is 15.9 Å². The molecule has 0 spiro atoms. The van der Waals surface area contributed by atoms with Gasteiger partial charge in [0.2, 0.25) is 0 Å². The standard InChI is InChI=1S/C18H12FN2O5P/c19-13-7-9-16(10-8-13)27(26,17-5-1-3-14(11-17)20(22)23)18-6-2-4-15(12-18)21(24)25/h1-12H. The van der Waals surface area contributed by atoms with Gasteiger partial charge in [0.15, 0.2) is 7.14 Å². The maximum Gasteiger partial charge on any atom is 0.270 e. The van der Waals surface area contributed by atoms with Crippen molar-refractivity contribution in [2.75, 3.05) is 0 Å². The molecular formula is C18H12FN2O5P. The van der Waals surface area contributed by atoms with E-state index >= 15 is 0 Å². The minimum atomic E-state index is -3.71. The predicted octanol–water partition coefficient (Wildman–Crippen LogP) is 3.28. The normalized spacial score (nSPS) is 11.1. The molecule has 0 amide bonds. The van der Waals surface area contributed by atoms with Crippen LogP contribution in [0.15, 0.2) is 72.8 Å². The van der Waals surface area contributed by atoms with E-state index in [2.05, 4.69) is 0 Å². The van der Waals surface area contributed by atoms with Crippen molar-refractivity contribution in [3.8, 4) is 0 Å². The van der Waals surface area contributed by atoms with E-state index in [1.165, 1.54) is 60.7 Å². The van der Waals surface area contributed by atoms with Gasteiger partial charge < -0.3 is 4.57 Å². The highest BCUT2D eigenvalue weighted by atomic mass is 31.2. The summed E-state index contributed by atoms with van der Waals surface area (Å²) in [7, 11) is -3.71. The molecule has 136 valence electrons. The molecule has 0 aromatic heterocycles. The molecule has 7 nitrogen and oxygen atoms in total. The molecule has 0 aliphatic rings. The number of halogens is 1. The van der Waals surface area contributed by atoms with Crippen molar-refractivity contribution in [3.05, 3.63) is 98.8 Å². The molecule has 0 saturated heterocycles. The molecule has 0 N–H and O–H groups in total. The molecule has 3 aromatic rings. The molecule has 0 bridgehead atoms. The molecule has 0 unspecified atom stereocenters. The second-order valence-corrected chi connectivity index (χ2v) is 8.41. The number of hydrogen-bond donors (Lipinski definition) is 0. The van der Waals surface area contributed by atoms with Crippen LogP contribution in [0.1, 0.15) is 0 Å². The third kappa shape index (κ3) is 3.47. The van der Waals surface area contributed by atoms with Crippen LogP contribution in [-0.2, 0) is 4.57 Å². The summed E-state index contributed by atoms with van der Waals surface area (Å²) in [6, 6.07) is 15.4. The van der Waals surface area contributed by atoms with Crippen LogP contribution in [0.3, 0.4) is 0 Å². The lowest BCUT2D eigenvalue weighted by molar-refractivity contribution is -0.384. The van der Waals surface area contributed by atoms with Crippen molar-refractivity contribution in [1.82, 2.24) is 0 Å². The molecule has 0 radical (unpaired) electrons. The fourth-order valence-corrected chi connectivity index (χ4v) is 5.39. The minimum Gasteiger partial charge on any atom is -0.309 e. The van der Waals surface area contributed by atoms with Gasteiger partial charge in [0.25, 0.3) is 11.4 Å². The first-order valence-corrected chi connectivity index (χ1v) is 9.39. The average Bonchev–Trinajstić information content (AvgIpc) is 2.68. The van der Waals surface area contributed by atoms with Crippen LogP contribution in [0.2, 0.25) is 0 Å². The van der Waals surface area contributed by atoms with Crippen molar-refractivity contribution in [2.24, 2.45) is 0 Å². The minimum absolute atomic E-state index is 0.129. The summed E-state index contributed by atoms with van der Waals surface area (Å²) in [5.74, 6) is -0.539. The lowest BCUT2D eigenvalue weighted by atomic mass is 10.3. The highest BCUT2D eigenvalue weighted by Crippen LogP contribution is 2.43. The van der Waals surface area contributed by atoms with E-state index in [0.29, 0.717) is 0 Å². The summed E-state index contributed by atoms with van der Waals surface area (Å²) in [6.45, 7) is 0. The average molecular weight is 386 g/mol. The van der Waals surface area contributed by atoms with E-state index in [9.17, 15) is 29.2 Å². The van der Waals surface area contributed by atoms with Crippen LogP contribution in [0.5, 0.6) is 0 Å². The molecule has 0 atom stereocenters. The first-order chi connectivity index (χ1) is 12.8. The lowest BCUT2D eigenvalue weighted by Crippen LogP contribution is -2.25. The molecule has 3 rings (SSSR count). The van der Waals surface area contributed by atoms with Gasteiger partial charge in [0, 0.05) is 40.2 Å².